The van der Waals surface area contributed by atoms with Crippen molar-refractivity contribution in [3.05, 3.63) is 333 Å². The zero-order chi connectivity index (χ0) is 104. The maximum Gasteiger partial charge on any atom is 0.519 e. The van der Waals surface area contributed by atoms with Crippen molar-refractivity contribution in [2.45, 2.75) is 92.8 Å². The van der Waals surface area contributed by atoms with Crippen molar-refractivity contribution in [3.8, 4) is 11.5 Å². The van der Waals surface area contributed by atoms with Crippen LogP contribution in [0, 0.1) is 12.8 Å². The summed E-state index contributed by atoms with van der Waals surface area (Å²) in [7, 11) is 0. The molecule has 1 saturated heterocycles. The van der Waals surface area contributed by atoms with Crippen LogP contribution in [-0.4, -0.2) is 174 Å². The number of morpholine rings is 1. The van der Waals surface area contributed by atoms with Crippen molar-refractivity contribution >= 4 is 113 Å². The number of unbranched alkanes of at least 4 members (excludes halogenated alkanes) is 1. The maximum absolute atomic E-state index is 11.6. The number of aromatic amines is 2. The first-order chi connectivity index (χ1) is 67.6. The number of aromatic nitrogens is 2. The van der Waals surface area contributed by atoms with Crippen LogP contribution in [0.3, 0.4) is 0 Å². The average molecular weight is 1980 g/mol. The van der Waals surface area contributed by atoms with E-state index in [9.17, 15) is 105 Å². The molecule has 754 valence electrons. The predicted molar refractivity (Wildman–Crippen MR) is 491 cm³/mol. The number of esters is 13. The Morgan fingerprint density at radius 2 is 0.706 bits per heavy atom. The maximum atomic E-state index is 11.6. The largest absolute Gasteiger partial charge is 0.519 e. The molecule has 11 rings (SSSR count). The Morgan fingerprint density at radius 1 is 0.385 bits per heavy atom. The van der Waals surface area contributed by atoms with E-state index in [-0.39, 0.29) is 79.2 Å². The van der Waals surface area contributed by atoms with E-state index < -0.39 is 143 Å². The average Bonchev–Trinajstić information content (AvgIpc) is 1.73. The number of carbonyl (C=O) groups is 19. The molecule has 2 aromatic carbocycles. The molecule has 47 heteroatoms. The van der Waals surface area contributed by atoms with Crippen LogP contribution in [0.5, 0.6) is 11.5 Å². The number of para-hydroxylation sites is 1. The van der Waals surface area contributed by atoms with Crippen molar-refractivity contribution in [1.29, 1.82) is 0 Å². The molecule has 7 aliphatic rings. The van der Waals surface area contributed by atoms with Gasteiger partial charge in [-0.05, 0) is 80.5 Å². The van der Waals surface area contributed by atoms with E-state index in [0.717, 1.165) is 124 Å². The number of carbonyl (C=O) groups excluding carboxylic acids is 19. The van der Waals surface area contributed by atoms with Crippen molar-refractivity contribution in [1.82, 2.24) is 46.8 Å². The minimum atomic E-state index is -1.06. The quantitative estimate of drug-likeness (QED) is 0.00801. The first-order valence-corrected chi connectivity index (χ1v) is 41.8. The molecule has 143 heavy (non-hydrogen) atoms. The third kappa shape index (κ3) is 46.1. The molecular formula is C96H97N9O38. The Labute approximate surface area is 812 Å². The van der Waals surface area contributed by atoms with E-state index >= 15 is 0 Å². The molecule has 9 heterocycles. The predicted octanol–water partition coefficient (Wildman–Crippen LogP) is 4.94. The number of nitrogens with one attached hydrogen (secondary N) is 8. The van der Waals surface area contributed by atoms with Gasteiger partial charge in [0.25, 0.3) is 41.0 Å². The van der Waals surface area contributed by atoms with Crippen LogP contribution in [0.25, 0.3) is 0 Å². The number of allylic oxidation sites excluding steroid dienone is 6. The van der Waals surface area contributed by atoms with Gasteiger partial charge in [0, 0.05) is 159 Å². The summed E-state index contributed by atoms with van der Waals surface area (Å²) in [6, 6.07) is 17.5. The fourth-order valence-electron chi connectivity index (χ4n) is 10.3. The lowest BCUT2D eigenvalue weighted by Gasteiger charge is -2.26. The Bertz CT molecular complexity index is 6140. The standard InChI is InChI=1S/C18H24N2O6.C17H15NO5.C16H13NO5.C15H13NO8.C15H17NO7.C14H11N3O7.CH4/c1-14-4-5-15(18(23)19-14)26-17(22)7-6-16(21)25-11-3-2-8-20-9-12-24-13-10-20;1-12-7-8-14(17(21)18-12)23-16(20)10-9-15(19)22-11-13-5-3-2-4-6-13;1-11-7-8-13(16(20)17-11)22-15(19)10-9-14(18)21-12-5-3-2-4-6-12;1-8-3-4-10(14(19)16-8)23-13(18)6-5-12(17)21-7-11-9(2)22-15(20)24-11;1-9(2)15(20)22-8-21-12(17)6-7-13(18)23-11-5-4-10(3)16-14(11)19;1-7-2-3-8(12(20)16-7)23-10(18)4-5-11(19)24-9-6-15-14(22)17-13(9)21;/h5-7H,1-4,8-13H2,(H,19,23);2-6,8-10H,1,7,11H2,(H,18,21);2-6,8-10H,1,7H2,(H,17,20);4-6H,1,3,7H2,2H3,(H,16,19);5-7,9H,3-4,8H2,1-2H3,(H,16,19);3-6H,1-2H2,(H,16,20)(H2,15,17,21,22);1H4/b7-6+;2*10-9+;6-5+;7-6+;5-4+;. The summed E-state index contributed by atoms with van der Waals surface area (Å²) in [5, 5.41) is 14.5. The topological polar surface area (TPSA) is 638 Å². The van der Waals surface area contributed by atoms with Crippen molar-refractivity contribution < 1.29 is 166 Å². The SMILES string of the molecule is C.C=C1CC=C(OC(=O)/C=C/C(=O)OCCCCN2CCOCC2)C(=O)N1.C=C1CC=C(OC(=O)/C=C/C(=O)OCOC(=O)C(C)C)C(=O)N1.C=C1CC=C(OC(=O)/C=C/C(=O)OCc2ccccc2)C(=O)N1.C=C1CC=C(OC(=O)/C=C/C(=O)OCc2oc(=O)oc2C)C(=O)N1.C=C1CC=C(OC(=O)/C=C/C(=O)Oc2c[nH]c(=O)[nH]c2=O)C(=O)N1.C=C1CC=C(OC(=O)/C=C/C(=O)Oc2ccccc2)C(=O)N1. The number of benzene rings is 2. The summed E-state index contributed by atoms with van der Waals surface area (Å²) >= 11 is 0. The smallest absolute Gasteiger partial charge is 0.463 e. The molecule has 0 radical (unpaired) electrons. The van der Waals surface area contributed by atoms with Gasteiger partial charge in [-0.1, -0.05) is 109 Å². The highest BCUT2D eigenvalue weighted by Gasteiger charge is 2.26. The highest BCUT2D eigenvalue weighted by molar-refractivity contribution is 6.04. The lowest BCUT2D eigenvalue weighted by atomic mass is 10.2. The second-order valence-corrected chi connectivity index (χ2v) is 28.8. The van der Waals surface area contributed by atoms with Crippen LogP contribution in [0.4, 0.5) is 0 Å². The molecule has 2 aromatic heterocycles. The molecule has 1 fully saturated rings. The second-order valence-electron chi connectivity index (χ2n) is 28.8. The molecule has 0 bridgehead atoms. The third-order valence-electron chi connectivity index (χ3n) is 17.1. The van der Waals surface area contributed by atoms with Crippen LogP contribution >= 0.6 is 0 Å². The Kier molecular flexibility index (Phi) is 48.7. The molecule has 8 N–H and O–H groups in total. The molecule has 0 unspecified atom stereocenters. The lowest BCUT2D eigenvalue weighted by Crippen LogP contribution is -2.36. The molecule has 0 aliphatic carbocycles. The van der Waals surface area contributed by atoms with Gasteiger partial charge in [-0.3, -0.25) is 48.2 Å². The molecule has 0 atom stereocenters. The summed E-state index contributed by atoms with van der Waals surface area (Å²) in [5.41, 5.74) is 2.17. The summed E-state index contributed by atoms with van der Waals surface area (Å²) in [6.07, 6.45) is 23.5. The van der Waals surface area contributed by atoms with Crippen LogP contribution in [-0.2, 0) is 161 Å². The molecule has 4 aromatic rings. The summed E-state index contributed by atoms with van der Waals surface area (Å²) < 4.78 is 76.9. The van der Waals surface area contributed by atoms with E-state index in [4.69, 9.17) is 52.1 Å². The highest BCUT2D eigenvalue weighted by atomic mass is 16.7. The van der Waals surface area contributed by atoms with Gasteiger partial charge in [0.2, 0.25) is 12.5 Å². The minimum absolute atomic E-state index is 0. The van der Waals surface area contributed by atoms with E-state index in [1.807, 2.05) is 35.3 Å². The van der Waals surface area contributed by atoms with Crippen LogP contribution in [0.15, 0.2) is 308 Å². The molecular weight excluding hydrogens is 1890 g/mol. The molecule has 0 spiro atoms. The highest BCUT2D eigenvalue weighted by Crippen LogP contribution is 2.19. The number of ether oxygens (including phenoxy) is 14. The van der Waals surface area contributed by atoms with Crippen LogP contribution in [0.1, 0.15) is 89.7 Å². The summed E-state index contributed by atoms with van der Waals surface area (Å²) in [6.45, 7) is 30.1. The number of aryl methyl sites for hydroxylation is 1. The summed E-state index contributed by atoms with van der Waals surface area (Å²) in [4.78, 5) is 257. The van der Waals surface area contributed by atoms with Gasteiger partial charge in [0.15, 0.2) is 52.7 Å². The van der Waals surface area contributed by atoms with Gasteiger partial charge >= 0.3 is 89.1 Å². The molecule has 47 nitrogen and oxygen atoms in total. The van der Waals surface area contributed by atoms with Gasteiger partial charge in [0.05, 0.1) is 31.9 Å². The fraction of sp³-hybridized carbons (Fsp3) is 0.229. The first kappa shape index (κ1) is 115. The van der Waals surface area contributed by atoms with Crippen LogP contribution < -0.4 is 58.4 Å². The zero-order valence-electron chi connectivity index (χ0n) is 76.0. The van der Waals surface area contributed by atoms with E-state index in [1.165, 1.54) is 43.4 Å². The van der Waals surface area contributed by atoms with Gasteiger partial charge in [-0.15, -0.1) is 0 Å². The Balaban J connectivity index is 0.000000302. The second kappa shape index (κ2) is 60.7. The van der Waals surface area contributed by atoms with Gasteiger partial charge in [-0.2, -0.15) is 0 Å². The van der Waals surface area contributed by atoms with Crippen molar-refractivity contribution in [2.75, 3.05) is 46.2 Å². The van der Waals surface area contributed by atoms with E-state index in [2.05, 4.69) is 104 Å². The molecule has 6 amide bonds. The first-order valence-electron chi connectivity index (χ1n) is 41.8. The number of hydrogen-bond acceptors (Lipinski definition) is 39. The third-order valence-corrected chi connectivity index (χ3v) is 17.1. The van der Waals surface area contributed by atoms with Gasteiger partial charge in [0.1, 0.15) is 12.4 Å². The number of rotatable bonds is 32. The van der Waals surface area contributed by atoms with Crippen molar-refractivity contribution in [3.63, 3.8) is 0 Å². The van der Waals surface area contributed by atoms with E-state index in [0.29, 0.717) is 84.5 Å². The van der Waals surface area contributed by atoms with Gasteiger partial charge in [-0.25, -0.2) is 67.1 Å². The monoisotopic (exact) mass is 1980 g/mol. The minimum Gasteiger partial charge on any atom is -0.463 e. The normalized spacial score (nSPS) is 14.9. The number of amides is 6. The van der Waals surface area contributed by atoms with Crippen molar-refractivity contribution in [2.24, 2.45) is 5.92 Å². The fourth-order valence-corrected chi connectivity index (χ4v) is 10.3. The van der Waals surface area contributed by atoms with Crippen LogP contribution in [0.2, 0.25) is 0 Å². The summed E-state index contributed by atoms with van der Waals surface area (Å²) in [5.74, 6) is -16.2. The molecule has 0 saturated carbocycles. The van der Waals surface area contributed by atoms with Gasteiger partial charge < -0.3 is 112 Å². The Hall–Kier alpha value is -18.7. The Morgan fingerprint density at radius 3 is 1.04 bits per heavy atom. The number of hydrogen-bond donors (Lipinski definition) is 8. The van der Waals surface area contributed by atoms with E-state index in [1.54, 1.807) is 44.2 Å². The lowest BCUT2D eigenvalue weighted by molar-refractivity contribution is -0.167. The number of H-pyrrole nitrogens is 2. The zero-order valence-corrected chi connectivity index (χ0v) is 76.0. The number of nitrogens with zero attached hydrogens (tertiary/aromatic N) is 1. The molecule has 7 aliphatic heterocycles.